The average Bonchev–Trinajstić information content (AvgIpc) is 2.95. The maximum Gasteiger partial charge on any atom is 0.236 e. The Morgan fingerprint density at radius 3 is 2.52 bits per heavy atom. The zero-order chi connectivity index (χ0) is 18.0. The van der Waals surface area contributed by atoms with E-state index in [4.69, 9.17) is 11.6 Å². The van der Waals surface area contributed by atoms with Gasteiger partial charge >= 0.3 is 0 Å². The average molecular weight is 386 g/mol. The van der Waals surface area contributed by atoms with Crippen molar-refractivity contribution in [3.05, 3.63) is 29.3 Å². The standard InChI is InChI=1S/C17H24ClN3O3S/c1-19(14-6-11-25(23,24)13-14)17(22)12-20-7-9-21(10-8-20)16-5-3-2-4-15(16)18/h2-5,14H,6-13H2,1H3/t14-/m1/s1. The number of sulfone groups is 1. The first kappa shape index (κ1) is 18.5. The van der Waals surface area contributed by atoms with Crippen molar-refractivity contribution in [1.82, 2.24) is 9.80 Å². The lowest BCUT2D eigenvalue weighted by molar-refractivity contribution is -0.132. The van der Waals surface area contributed by atoms with Crippen LogP contribution in [0.5, 0.6) is 0 Å². The monoisotopic (exact) mass is 385 g/mol. The normalized spacial score (nSPS) is 23.6. The Kier molecular flexibility index (Phi) is 5.55. The van der Waals surface area contributed by atoms with Crippen LogP contribution in [0.2, 0.25) is 5.02 Å². The van der Waals surface area contributed by atoms with Gasteiger partial charge in [-0.3, -0.25) is 9.69 Å². The van der Waals surface area contributed by atoms with Crippen LogP contribution in [0, 0.1) is 0 Å². The number of likely N-dealkylation sites (N-methyl/N-ethyl adjacent to an activating group) is 1. The molecule has 2 fully saturated rings. The summed E-state index contributed by atoms with van der Waals surface area (Å²) in [5.41, 5.74) is 1.03. The van der Waals surface area contributed by atoms with E-state index in [1.807, 2.05) is 24.3 Å². The summed E-state index contributed by atoms with van der Waals surface area (Å²) in [6, 6.07) is 7.61. The quantitative estimate of drug-likeness (QED) is 0.777. The predicted octanol–water partition coefficient (Wildman–Crippen LogP) is 1.11. The van der Waals surface area contributed by atoms with Crippen LogP contribution in [-0.4, -0.2) is 81.4 Å². The number of hydrogen-bond donors (Lipinski definition) is 0. The molecule has 25 heavy (non-hydrogen) atoms. The number of halogens is 1. The van der Waals surface area contributed by atoms with E-state index in [0.717, 1.165) is 36.9 Å². The number of carbonyl (C=O) groups excluding carboxylic acids is 1. The lowest BCUT2D eigenvalue weighted by atomic mass is 10.2. The van der Waals surface area contributed by atoms with E-state index in [1.165, 1.54) is 0 Å². The molecule has 2 saturated heterocycles. The van der Waals surface area contributed by atoms with Gasteiger partial charge in [-0.25, -0.2) is 8.42 Å². The second-order valence-electron chi connectivity index (χ2n) is 6.78. The van der Waals surface area contributed by atoms with Crippen LogP contribution in [0.25, 0.3) is 0 Å². The Morgan fingerprint density at radius 1 is 1.24 bits per heavy atom. The summed E-state index contributed by atoms with van der Waals surface area (Å²) >= 11 is 6.25. The topological polar surface area (TPSA) is 60.9 Å². The van der Waals surface area contributed by atoms with Crippen LogP contribution in [0.3, 0.4) is 0 Å². The van der Waals surface area contributed by atoms with Crippen molar-refractivity contribution in [2.75, 3.05) is 56.2 Å². The summed E-state index contributed by atoms with van der Waals surface area (Å²) in [6.07, 6.45) is 0.546. The molecule has 1 aromatic carbocycles. The molecule has 138 valence electrons. The second kappa shape index (κ2) is 7.51. The van der Waals surface area contributed by atoms with E-state index in [0.29, 0.717) is 13.0 Å². The number of nitrogens with zero attached hydrogens (tertiary/aromatic N) is 3. The van der Waals surface area contributed by atoms with Gasteiger partial charge in [-0.15, -0.1) is 0 Å². The first-order valence-corrected chi connectivity index (χ1v) is 10.7. The number of amides is 1. The third-order valence-electron chi connectivity index (χ3n) is 5.07. The zero-order valence-corrected chi connectivity index (χ0v) is 16.0. The van der Waals surface area contributed by atoms with Crippen molar-refractivity contribution in [3.8, 4) is 0 Å². The molecule has 6 nitrogen and oxygen atoms in total. The molecule has 1 atom stereocenters. The number of hydrogen-bond acceptors (Lipinski definition) is 5. The summed E-state index contributed by atoms with van der Waals surface area (Å²) < 4.78 is 23.2. The number of anilines is 1. The summed E-state index contributed by atoms with van der Waals surface area (Å²) in [5, 5.41) is 0.745. The van der Waals surface area contributed by atoms with Crippen molar-refractivity contribution in [1.29, 1.82) is 0 Å². The minimum absolute atomic E-state index is 0.00621. The van der Waals surface area contributed by atoms with E-state index in [-0.39, 0.29) is 23.5 Å². The van der Waals surface area contributed by atoms with Crippen molar-refractivity contribution < 1.29 is 13.2 Å². The molecule has 0 N–H and O–H groups in total. The molecule has 0 saturated carbocycles. The first-order valence-electron chi connectivity index (χ1n) is 8.53. The molecule has 2 aliphatic heterocycles. The lowest BCUT2D eigenvalue weighted by Gasteiger charge is -2.37. The molecule has 0 spiro atoms. The van der Waals surface area contributed by atoms with E-state index < -0.39 is 9.84 Å². The zero-order valence-electron chi connectivity index (χ0n) is 14.4. The fraction of sp³-hybridized carbons (Fsp3) is 0.588. The van der Waals surface area contributed by atoms with Gasteiger partial charge in [0.25, 0.3) is 0 Å². The molecule has 2 aliphatic rings. The number of benzene rings is 1. The van der Waals surface area contributed by atoms with Crippen molar-refractivity contribution >= 4 is 33.0 Å². The molecule has 0 aromatic heterocycles. The molecule has 1 aromatic rings. The number of rotatable bonds is 4. The minimum atomic E-state index is -2.98. The van der Waals surface area contributed by atoms with Gasteiger partial charge in [0.1, 0.15) is 0 Å². The van der Waals surface area contributed by atoms with Crippen LogP contribution in [0.1, 0.15) is 6.42 Å². The molecule has 3 rings (SSSR count). The third kappa shape index (κ3) is 4.46. The molecule has 0 radical (unpaired) electrons. The molecule has 0 unspecified atom stereocenters. The summed E-state index contributed by atoms with van der Waals surface area (Å²) in [4.78, 5) is 18.4. The van der Waals surface area contributed by atoms with Gasteiger partial charge in [0, 0.05) is 39.3 Å². The van der Waals surface area contributed by atoms with E-state index in [2.05, 4.69) is 9.80 Å². The number of para-hydroxylation sites is 1. The van der Waals surface area contributed by atoms with E-state index in [9.17, 15) is 13.2 Å². The van der Waals surface area contributed by atoms with Crippen molar-refractivity contribution in [2.24, 2.45) is 0 Å². The van der Waals surface area contributed by atoms with Gasteiger partial charge in [-0.05, 0) is 18.6 Å². The van der Waals surface area contributed by atoms with Crippen LogP contribution in [-0.2, 0) is 14.6 Å². The highest BCUT2D eigenvalue weighted by Crippen LogP contribution is 2.26. The van der Waals surface area contributed by atoms with Gasteiger partial charge in [0.2, 0.25) is 5.91 Å². The molecule has 8 heteroatoms. The largest absolute Gasteiger partial charge is 0.368 e. The van der Waals surface area contributed by atoms with E-state index in [1.54, 1.807) is 11.9 Å². The maximum atomic E-state index is 12.5. The third-order valence-corrected chi connectivity index (χ3v) is 7.14. The summed E-state index contributed by atoms with van der Waals surface area (Å²) in [7, 11) is -1.26. The van der Waals surface area contributed by atoms with E-state index >= 15 is 0 Å². The van der Waals surface area contributed by atoms with Gasteiger partial charge in [0.15, 0.2) is 9.84 Å². The van der Waals surface area contributed by atoms with Gasteiger partial charge < -0.3 is 9.80 Å². The Labute approximate surface area is 154 Å². The Balaban J connectivity index is 1.50. The van der Waals surface area contributed by atoms with Crippen LogP contribution < -0.4 is 4.90 Å². The Bertz CT molecular complexity index is 732. The predicted molar refractivity (Wildman–Crippen MR) is 99.9 cm³/mol. The summed E-state index contributed by atoms with van der Waals surface area (Å²) in [5.74, 6) is 0.273. The Hall–Kier alpha value is -1.31. The first-order chi connectivity index (χ1) is 11.9. The van der Waals surface area contributed by atoms with Gasteiger partial charge in [-0.2, -0.15) is 0 Å². The SMILES string of the molecule is CN(C(=O)CN1CCN(c2ccccc2Cl)CC1)[C@@H]1CCS(=O)(=O)C1. The van der Waals surface area contributed by atoms with Crippen LogP contribution in [0.4, 0.5) is 5.69 Å². The lowest BCUT2D eigenvalue weighted by Crippen LogP contribution is -2.51. The molecule has 0 aliphatic carbocycles. The molecule has 1 amide bonds. The highest BCUT2D eigenvalue weighted by atomic mass is 35.5. The van der Waals surface area contributed by atoms with Gasteiger partial charge in [-0.1, -0.05) is 23.7 Å². The van der Waals surface area contributed by atoms with Crippen molar-refractivity contribution in [2.45, 2.75) is 12.5 Å². The van der Waals surface area contributed by atoms with Crippen LogP contribution in [0.15, 0.2) is 24.3 Å². The fourth-order valence-corrected chi connectivity index (χ4v) is 5.47. The molecule has 2 heterocycles. The van der Waals surface area contributed by atoms with Crippen LogP contribution >= 0.6 is 11.6 Å². The number of piperazine rings is 1. The number of carbonyl (C=O) groups is 1. The summed E-state index contributed by atoms with van der Waals surface area (Å²) in [6.45, 7) is 3.54. The van der Waals surface area contributed by atoms with Gasteiger partial charge in [0.05, 0.1) is 28.8 Å². The smallest absolute Gasteiger partial charge is 0.236 e. The Morgan fingerprint density at radius 2 is 1.92 bits per heavy atom. The maximum absolute atomic E-state index is 12.5. The molecular weight excluding hydrogens is 362 g/mol. The second-order valence-corrected chi connectivity index (χ2v) is 9.41. The molecule has 0 bridgehead atoms. The fourth-order valence-electron chi connectivity index (χ4n) is 3.44. The van der Waals surface area contributed by atoms with Crippen molar-refractivity contribution in [3.63, 3.8) is 0 Å². The highest BCUT2D eigenvalue weighted by Gasteiger charge is 2.33. The minimum Gasteiger partial charge on any atom is -0.368 e. The highest BCUT2D eigenvalue weighted by molar-refractivity contribution is 7.91. The molecular formula is C17H24ClN3O3S.